The fourth-order valence-electron chi connectivity index (χ4n) is 1.40. The lowest BCUT2D eigenvalue weighted by Gasteiger charge is -2.14. The third kappa shape index (κ3) is 2.85. The van der Waals surface area contributed by atoms with Gasteiger partial charge in [0.2, 0.25) is 0 Å². The molecule has 0 fully saturated rings. The van der Waals surface area contributed by atoms with E-state index < -0.39 is 12.0 Å². The molecule has 0 saturated heterocycles. The zero-order valence-electron chi connectivity index (χ0n) is 8.18. The Hall–Kier alpha value is -1.35. The number of nitrogens with two attached hydrogens (primary N) is 1. The number of carbonyl (C=O) groups is 1. The summed E-state index contributed by atoms with van der Waals surface area (Å²) in [4.78, 5) is 10.5. The molecule has 76 valence electrons. The molecule has 0 aliphatic rings. The Morgan fingerprint density at radius 1 is 1.43 bits per heavy atom. The third-order valence-corrected chi connectivity index (χ3v) is 2.29. The predicted octanol–water partition coefficient (Wildman–Crippen LogP) is 1.59. The van der Waals surface area contributed by atoms with Crippen LogP contribution in [0, 0.1) is 0 Å². The number of carboxylic acids is 1. The van der Waals surface area contributed by atoms with Crippen LogP contribution in [0.15, 0.2) is 30.3 Å². The van der Waals surface area contributed by atoms with Crippen molar-refractivity contribution in [2.45, 2.75) is 25.3 Å². The Morgan fingerprint density at radius 2 is 2.00 bits per heavy atom. The van der Waals surface area contributed by atoms with Crippen LogP contribution in [0.4, 0.5) is 0 Å². The molecule has 0 aromatic heterocycles. The first-order valence-corrected chi connectivity index (χ1v) is 4.64. The van der Waals surface area contributed by atoms with E-state index in [9.17, 15) is 4.79 Å². The van der Waals surface area contributed by atoms with Gasteiger partial charge in [-0.1, -0.05) is 37.3 Å². The zero-order valence-corrected chi connectivity index (χ0v) is 8.18. The number of benzene rings is 1. The molecule has 1 aromatic rings. The van der Waals surface area contributed by atoms with Crippen molar-refractivity contribution in [1.29, 1.82) is 0 Å². The molecular weight excluding hydrogens is 178 g/mol. The number of carboxylic acid groups (broad SMARTS) is 1. The minimum atomic E-state index is -0.937. The molecule has 0 aliphatic carbocycles. The van der Waals surface area contributed by atoms with E-state index in [2.05, 4.69) is 0 Å². The van der Waals surface area contributed by atoms with E-state index in [4.69, 9.17) is 10.8 Å². The zero-order chi connectivity index (χ0) is 10.6. The van der Waals surface area contributed by atoms with E-state index in [-0.39, 0.29) is 5.92 Å². The van der Waals surface area contributed by atoms with Gasteiger partial charge >= 0.3 is 5.97 Å². The average Bonchev–Trinajstić information content (AvgIpc) is 2.19. The summed E-state index contributed by atoms with van der Waals surface area (Å²) in [5.41, 5.74) is 6.58. The molecule has 1 aromatic carbocycles. The van der Waals surface area contributed by atoms with E-state index in [0.29, 0.717) is 6.42 Å². The minimum Gasteiger partial charge on any atom is -0.480 e. The summed E-state index contributed by atoms with van der Waals surface area (Å²) in [6, 6.07) is 9.02. The van der Waals surface area contributed by atoms with Gasteiger partial charge < -0.3 is 10.8 Å². The van der Waals surface area contributed by atoms with Crippen LogP contribution >= 0.6 is 0 Å². The number of hydrogen-bond donors (Lipinski definition) is 2. The van der Waals surface area contributed by atoms with E-state index >= 15 is 0 Å². The molecule has 1 rings (SSSR count). The molecule has 0 bridgehead atoms. The predicted molar refractivity (Wildman–Crippen MR) is 55.1 cm³/mol. The average molecular weight is 193 g/mol. The molecule has 14 heavy (non-hydrogen) atoms. The molecular formula is C11H15NO2. The maximum atomic E-state index is 10.5. The van der Waals surface area contributed by atoms with Crippen molar-refractivity contribution < 1.29 is 9.90 Å². The quantitative estimate of drug-likeness (QED) is 0.763. The number of hydrogen-bond acceptors (Lipinski definition) is 2. The molecule has 3 heteroatoms. The Labute approximate surface area is 83.6 Å². The summed E-state index contributed by atoms with van der Waals surface area (Å²) >= 11 is 0. The smallest absolute Gasteiger partial charge is 0.320 e. The van der Waals surface area contributed by atoms with Gasteiger partial charge in [-0.15, -0.1) is 0 Å². The van der Waals surface area contributed by atoms with E-state index in [1.165, 1.54) is 0 Å². The molecule has 0 saturated carbocycles. The Morgan fingerprint density at radius 3 is 2.50 bits per heavy atom. The highest BCUT2D eigenvalue weighted by molar-refractivity contribution is 5.73. The molecule has 3 nitrogen and oxygen atoms in total. The normalized spacial score (nSPS) is 14.7. The largest absolute Gasteiger partial charge is 0.480 e. The Bertz CT molecular complexity index is 297. The second-order valence-electron chi connectivity index (χ2n) is 3.49. The number of aliphatic carboxylic acids is 1. The van der Waals surface area contributed by atoms with Crippen molar-refractivity contribution in [1.82, 2.24) is 0 Å². The van der Waals surface area contributed by atoms with Crippen LogP contribution in [-0.4, -0.2) is 17.1 Å². The van der Waals surface area contributed by atoms with Crippen LogP contribution in [-0.2, 0) is 4.79 Å². The lowest BCUT2D eigenvalue weighted by molar-refractivity contribution is -0.138. The molecule has 2 atom stereocenters. The van der Waals surface area contributed by atoms with Gasteiger partial charge in [-0.2, -0.15) is 0 Å². The van der Waals surface area contributed by atoms with Crippen molar-refractivity contribution in [3.8, 4) is 0 Å². The van der Waals surface area contributed by atoms with E-state index in [1.807, 2.05) is 37.3 Å². The van der Waals surface area contributed by atoms with Gasteiger partial charge in [0, 0.05) is 0 Å². The summed E-state index contributed by atoms with van der Waals surface area (Å²) in [5, 5.41) is 8.65. The second-order valence-corrected chi connectivity index (χ2v) is 3.49. The molecule has 0 spiro atoms. The highest BCUT2D eigenvalue weighted by Gasteiger charge is 2.16. The van der Waals surface area contributed by atoms with Crippen LogP contribution in [0.1, 0.15) is 24.8 Å². The molecule has 0 aliphatic heterocycles. The van der Waals surface area contributed by atoms with Gasteiger partial charge in [0.05, 0.1) is 0 Å². The summed E-state index contributed by atoms with van der Waals surface area (Å²) in [6.07, 6.45) is 0.472. The van der Waals surface area contributed by atoms with Crippen molar-refractivity contribution in [2.75, 3.05) is 0 Å². The van der Waals surface area contributed by atoms with Crippen LogP contribution in [0.2, 0.25) is 0 Å². The standard InChI is InChI=1S/C11H15NO2/c1-8(7-10(12)11(13)14)9-5-3-2-4-6-9/h2-6,8,10H,7,12H2,1H3,(H,13,14)/t8-,10-/m0/s1. The van der Waals surface area contributed by atoms with Crippen molar-refractivity contribution >= 4 is 5.97 Å². The third-order valence-electron chi connectivity index (χ3n) is 2.29. The molecule has 3 N–H and O–H groups in total. The SMILES string of the molecule is C[C@@H](C[C@H](N)C(=O)O)c1ccccc1. The van der Waals surface area contributed by atoms with Crippen molar-refractivity contribution in [3.05, 3.63) is 35.9 Å². The molecule has 0 heterocycles. The van der Waals surface area contributed by atoms with Crippen LogP contribution in [0.5, 0.6) is 0 Å². The van der Waals surface area contributed by atoms with E-state index in [0.717, 1.165) is 5.56 Å². The van der Waals surface area contributed by atoms with Gasteiger partial charge in [0.25, 0.3) is 0 Å². The first-order chi connectivity index (χ1) is 6.61. The fraction of sp³-hybridized carbons (Fsp3) is 0.364. The Kier molecular flexibility index (Phi) is 3.65. The monoisotopic (exact) mass is 193 g/mol. The molecule has 0 amide bonds. The number of rotatable bonds is 4. The van der Waals surface area contributed by atoms with Gasteiger partial charge in [-0.25, -0.2) is 0 Å². The topological polar surface area (TPSA) is 63.3 Å². The first kappa shape index (κ1) is 10.7. The van der Waals surface area contributed by atoms with Gasteiger partial charge in [0.1, 0.15) is 6.04 Å². The van der Waals surface area contributed by atoms with Gasteiger partial charge in [0.15, 0.2) is 0 Å². The summed E-state index contributed by atoms with van der Waals surface area (Å²) in [5.74, 6) is -0.755. The summed E-state index contributed by atoms with van der Waals surface area (Å²) in [7, 11) is 0. The molecule has 0 unspecified atom stereocenters. The lowest BCUT2D eigenvalue weighted by atomic mass is 9.94. The lowest BCUT2D eigenvalue weighted by Crippen LogP contribution is -2.31. The van der Waals surface area contributed by atoms with Crippen LogP contribution in [0.3, 0.4) is 0 Å². The van der Waals surface area contributed by atoms with Crippen LogP contribution < -0.4 is 5.73 Å². The van der Waals surface area contributed by atoms with Crippen molar-refractivity contribution in [2.24, 2.45) is 5.73 Å². The summed E-state index contributed by atoms with van der Waals surface area (Å²) in [6.45, 7) is 1.98. The van der Waals surface area contributed by atoms with Gasteiger partial charge in [-0.3, -0.25) is 4.79 Å². The molecule has 0 radical (unpaired) electrons. The minimum absolute atomic E-state index is 0.183. The maximum absolute atomic E-state index is 10.5. The Balaban J connectivity index is 2.59. The summed E-state index contributed by atoms with van der Waals surface area (Å²) < 4.78 is 0. The fourth-order valence-corrected chi connectivity index (χ4v) is 1.40. The second kappa shape index (κ2) is 4.77. The maximum Gasteiger partial charge on any atom is 0.320 e. The van der Waals surface area contributed by atoms with Crippen molar-refractivity contribution in [3.63, 3.8) is 0 Å². The first-order valence-electron chi connectivity index (χ1n) is 4.64. The highest BCUT2D eigenvalue weighted by atomic mass is 16.4. The van der Waals surface area contributed by atoms with E-state index in [1.54, 1.807) is 0 Å². The van der Waals surface area contributed by atoms with Gasteiger partial charge in [-0.05, 0) is 17.9 Å². The van der Waals surface area contributed by atoms with Crippen LogP contribution in [0.25, 0.3) is 0 Å². The highest BCUT2D eigenvalue weighted by Crippen LogP contribution is 2.19.